The molecule has 1 aromatic carbocycles. The molecule has 134 valence electrons. The first-order valence-corrected chi connectivity index (χ1v) is 9.60. The van der Waals surface area contributed by atoms with Gasteiger partial charge in [0.05, 0.1) is 11.5 Å². The predicted molar refractivity (Wildman–Crippen MR) is 102 cm³/mol. The van der Waals surface area contributed by atoms with Crippen LogP contribution in [-0.4, -0.2) is 15.9 Å². The van der Waals surface area contributed by atoms with Gasteiger partial charge in [0.25, 0.3) is 11.6 Å². The van der Waals surface area contributed by atoms with E-state index in [9.17, 15) is 20.0 Å². The molecule has 1 amide bonds. The van der Waals surface area contributed by atoms with Crippen molar-refractivity contribution in [2.45, 2.75) is 12.6 Å². The van der Waals surface area contributed by atoms with Crippen molar-refractivity contribution in [3.05, 3.63) is 83.2 Å². The Kier molecular flexibility index (Phi) is 5.67. The Morgan fingerprint density at radius 1 is 1.31 bits per heavy atom. The first-order valence-electron chi connectivity index (χ1n) is 7.46. The van der Waals surface area contributed by atoms with Crippen LogP contribution in [0.5, 0.6) is 0 Å². The summed E-state index contributed by atoms with van der Waals surface area (Å²) in [6, 6.07) is 9.31. The smallest absolute Gasteiger partial charge is 0.282 e. The summed E-state index contributed by atoms with van der Waals surface area (Å²) in [6.45, 7) is 0.198. The second-order valence-electron chi connectivity index (χ2n) is 5.36. The molecule has 0 radical (unpaired) electrons. The van der Waals surface area contributed by atoms with Crippen LogP contribution < -0.4 is 5.32 Å². The van der Waals surface area contributed by atoms with Crippen LogP contribution in [0, 0.1) is 10.1 Å². The molecule has 0 fully saturated rings. The number of carbonyl (C=O) groups excluding carboxylic acids is 1. The van der Waals surface area contributed by atoms with Crippen LogP contribution in [0.25, 0.3) is 0 Å². The summed E-state index contributed by atoms with van der Waals surface area (Å²) in [5, 5.41) is 28.1. The van der Waals surface area contributed by atoms with Crippen molar-refractivity contribution < 1.29 is 14.8 Å². The molecule has 3 aromatic rings. The number of nitrogens with zero attached hydrogens (tertiary/aromatic N) is 1. The molecule has 0 spiro atoms. The van der Waals surface area contributed by atoms with Gasteiger partial charge >= 0.3 is 0 Å². The van der Waals surface area contributed by atoms with E-state index in [0.29, 0.717) is 0 Å². The van der Waals surface area contributed by atoms with Crippen molar-refractivity contribution in [2.24, 2.45) is 0 Å². The van der Waals surface area contributed by atoms with E-state index in [0.717, 1.165) is 15.3 Å². The van der Waals surface area contributed by atoms with E-state index in [2.05, 4.69) is 5.32 Å². The highest BCUT2D eigenvalue weighted by molar-refractivity contribution is 7.12. The SMILES string of the molecule is O=C(NCc1ccc(C(O)c2ccsc2)s1)c1cc(Cl)ccc1[N+](=O)[O-]. The van der Waals surface area contributed by atoms with Gasteiger partial charge in [0, 0.05) is 20.8 Å². The molecule has 6 nitrogen and oxygen atoms in total. The molecule has 0 aliphatic carbocycles. The van der Waals surface area contributed by atoms with E-state index in [4.69, 9.17) is 11.6 Å². The Bertz CT molecular complexity index is 940. The Morgan fingerprint density at radius 2 is 2.12 bits per heavy atom. The maximum Gasteiger partial charge on any atom is 0.282 e. The van der Waals surface area contributed by atoms with E-state index in [1.54, 1.807) is 6.07 Å². The first kappa shape index (κ1) is 18.5. The highest BCUT2D eigenvalue weighted by Crippen LogP contribution is 2.30. The molecule has 1 unspecified atom stereocenters. The molecule has 0 saturated carbocycles. The predicted octanol–water partition coefficient (Wildman–Crippen LogP) is 4.38. The van der Waals surface area contributed by atoms with Gasteiger partial charge in [-0.3, -0.25) is 14.9 Å². The van der Waals surface area contributed by atoms with Crippen LogP contribution in [0.3, 0.4) is 0 Å². The fraction of sp³-hybridized carbons (Fsp3) is 0.118. The van der Waals surface area contributed by atoms with Gasteiger partial charge < -0.3 is 10.4 Å². The quantitative estimate of drug-likeness (QED) is 0.467. The van der Waals surface area contributed by atoms with Gasteiger partial charge in [0.2, 0.25) is 0 Å². The number of nitrogens with one attached hydrogen (secondary N) is 1. The minimum atomic E-state index is -0.704. The summed E-state index contributed by atoms with van der Waals surface area (Å²) in [6.07, 6.45) is -0.704. The fourth-order valence-corrected chi connectivity index (χ4v) is 4.16. The minimum Gasteiger partial charge on any atom is -0.383 e. The molecule has 0 aliphatic rings. The number of hydrogen-bond donors (Lipinski definition) is 2. The van der Waals surface area contributed by atoms with Crippen molar-refractivity contribution in [1.29, 1.82) is 0 Å². The highest BCUT2D eigenvalue weighted by atomic mass is 35.5. The fourth-order valence-electron chi connectivity index (χ4n) is 2.34. The number of benzene rings is 1. The average Bonchev–Trinajstić information content (AvgIpc) is 3.30. The molecule has 26 heavy (non-hydrogen) atoms. The number of rotatable bonds is 6. The zero-order valence-corrected chi connectivity index (χ0v) is 15.6. The first-order chi connectivity index (χ1) is 12.5. The summed E-state index contributed by atoms with van der Waals surface area (Å²) >= 11 is 8.72. The number of hydrogen-bond acceptors (Lipinski definition) is 6. The van der Waals surface area contributed by atoms with E-state index in [1.165, 1.54) is 40.9 Å². The topological polar surface area (TPSA) is 92.5 Å². The third kappa shape index (κ3) is 4.10. The Balaban J connectivity index is 1.69. The molecule has 2 heterocycles. The van der Waals surface area contributed by atoms with Crippen molar-refractivity contribution in [3.63, 3.8) is 0 Å². The van der Waals surface area contributed by atoms with Gasteiger partial charge in [-0.2, -0.15) is 11.3 Å². The molecular weight excluding hydrogens is 396 g/mol. The molecular formula is C17H13ClN2O4S2. The molecule has 0 saturated heterocycles. The van der Waals surface area contributed by atoms with Gasteiger partial charge in [0.1, 0.15) is 11.7 Å². The van der Waals surface area contributed by atoms with Crippen LogP contribution in [0.4, 0.5) is 5.69 Å². The van der Waals surface area contributed by atoms with Crippen LogP contribution in [0.1, 0.15) is 31.8 Å². The highest BCUT2D eigenvalue weighted by Gasteiger charge is 2.20. The summed E-state index contributed by atoms with van der Waals surface area (Å²) in [7, 11) is 0. The van der Waals surface area contributed by atoms with Crippen molar-refractivity contribution in [1.82, 2.24) is 5.32 Å². The number of thiophene rings is 2. The van der Waals surface area contributed by atoms with E-state index < -0.39 is 16.9 Å². The van der Waals surface area contributed by atoms with Gasteiger partial charge in [-0.25, -0.2) is 0 Å². The summed E-state index contributed by atoms with van der Waals surface area (Å²) in [5.41, 5.74) is 0.436. The minimum absolute atomic E-state index is 0.0856. The maximum atomic E-state index is 12.3. The summed E-state index contributed by atoms with van der Waals surface area (Å²) < 4.78 is 0. The number of amides is 1. The zero-order chi connectivity index (χ0) is 18.7. The number of halogens is 1. The Labute approximate surface area is 161 Å². The van der Waals surface area contributed by atoms with Crippen molar-refractivity contribution >= 4 is 45.9 Å². The summed E-state index contributed by atoms with van der Waals surface area (Å²) in [4.78, 5) is 24.3. The van der Waals surface area contributed by atoms with E-state index in [-0.39, 0.29) is 22.8 Å². The van der Waals surface area contributed by atoms with E-state index >= 15 is 0 Å². The summed E-state index contributed by atoms with van der Waals surface area (Å²) in [5.74, 6) is -0.576. The maximum absolute atomic E-state index is 12.3. The Morgan fingerprint density at radius 3 is 2.81 bits per heavy atom. The van der Waals surface area contributed by atoms with Crippen LogP contribution in [0.15, 0.2) is 47.2 Å². The van der Waals surface area contributed by atoms with E-state index in [1.807, 2.05) is 22.9 Å². The Hall–Kier alpha value is -2.26. The normalized spacial score (nSPS) is 11.9. The lowest BCUT2D eigenvalue weighted by molar-refractivity contribution is -0.385. The molecule has 9 heteroatoms. The molecule has 1 atom stereocenters. The number of aliphatic hydroxyl groups excluding tert-OH is 1. The molecule has 0 bridgehead atoms. The van der Waals surface area contributed by atoms with Crippen LogP contribution >= 0.6 is 34.3 Å². The van der Waals surface area contributed by atoms with Gasteiger partial charge in [-0.05, 0) is 46.7 Å². The van der Waals surface area contributed by atoms with Crippen LogP contribution in [0.2, 0.25) is 5.02 Å². The molecule has 2 N–H and O–H groups in total. The average molecular weight is 409 g/mol. The second-order valence-corrected chi connectivity index (χ2v) is 7.78. The zero-order valence-electron chi connectivity index (χ0n) is 13.2. The van der Waals surface area contributed by atoms with Crippen LogP contribution in [-0.2, 0) is 6.54 Å². The van der Waals surface area contributed by atoms with Crippen molar-refractivity contribution in [3.8, 4) is 0 Å². The molecule has 3 rings (SSSR count). The lowest BCUT2D eigenvalue weighted by atomic mass is 10.1. The third-order valence-corrected chi connectivity index (χ3v) is 5.71. The number of aliphatic hydroxyl groups is 1. The lowest BCUT2D eigenvalue weighted by Gasteiger charge is -2.06. The van der Waals surface area contributed by atoms with Gasteiger partial charge in [-0.1, -0.05) is 11.6 Å². The third-order valence-electron chi connectivity index (χ3n) is 3.63. The number of carbonyl (C=O) groups is 1. The lowest BCUT2D eigenvalue weighted by Crippen LogP contribution is -2.23. The van der Waals surface area contributed by atoms with Crippen molar-refractivity contribution in [2.75, 3.05) is 0 Å². The monoisotopic (exact) mass is 408 g/mol. The molecule has 0 aliphatic heterocycles. The number of nitro groups is 1. The van der Waals surface area contributed by atoms with Gasteiger partial charge in [0.15, 0.2) is 0 Å². The largest absolute Gasteiger partial charge is 0.383 e. The number of nitro benzene ring substituents is 1. The van der Waals surface area contributed by atoms with Gasteiger partial charge in [-0.15, -0.1) is 11.3 Å². The standard InChI is InChI=1S/C17H13ClN2O4S2/c18-11-1-3-14(20(23)24)13(7-11)17(22)19-8-12-2-4-15(26-12)16(21)10-5-6-25-9-10/h1-7,9,16,21H,8H2,(H,19,22). The second kappa shape index (κ2) is 7.96. The molecule has 2 aromatic heterocycles.